The Morgan fingerprint density at radius 2 is 1.88 bits per heavy atom. The van der Waals surface area contributed by atoms with Gasteiger partial charge < -0.3 is 10.3 Å². The van der Waals surface area contributed by atoms with Crippen molar-refractivity contribution in [3.8, 4) is 22.5 Å². The molecule has 0 unspecified atom stereocenters. The van der Waals surface area contributed by atoms with Crippen LogP contribution in [0, 0.1) is 0 Å². The number of halogens is 4. The van der Waals surface area contributed by atoms with Crippen LogP contribution in [0.15, 0.2) is 42.9 Å². The van der Waals surface area contributed by atoms with Crippen molar-refractivity contribution in [2.75, 3.05) is 5.73 Å². The predicted molar refractivity (Wildman–Crippen MR) is 86.3 cm³/mol. The Labute approximate surface area is 140 Å². The third kappa shape index (κ3) is 3.07. The van der Waals surface area contributed by atoms with E-state index in [4.69, 9.17) is 17.3 Å². The van der Waals surface area contributed by atoms with Crippen molar-refractivity contribution in [3.63, 3.8) is 0 Å². The number of nitrogen functional groups attached to an aromatic ring is 1. The third-order valence-corrected chi connectivity index (χ3v) is 3.89. The second-order valence-electron chi connectivity index (χ2n) is 5.25. The van der Waals surface area contributed by atoms with Gasteiger partial charge in [0.25, 0.3) is 0 Å². The van der Waals surface area contributed by atoms with E-state index >= 15 is 0 Å². The summed E-state index contributed by atoms with van der Waals surface area (Å²) in [5.41, 5.74) is 7.01. The Morgan fingerprint density at radius 1 is 1.12 bits per heavy atom. The molecule has 1 aromatic carbocycles. The number of benzene rings is 1. The van der Waals surface area contributed by atoms with Crippen molar-refractivity contribution >= 4 is 17.4 Å². The first-order valence-electron chi connectivity index (χ1n) is 6.87. The molecule has 0 radical (unpaired) electrons. The maximum absolute atomic E-state index is 12.9. The lowest BCUT2D eigenvalue weighted by molar-refractivity contribution is -0.137. The van der Waals surface area contributed by atoms with Gasteiger partial charge in [0.2, 0.25) is 0 Å². The fraction of sp³-hybridized carbons (Fsp3) is 0.125. The molecule has 2 heterocycles. The van der Waals surface area contributed by atoms with Crippen molar-refractivity contribution in [2.45, 2.75) is 6.18 Å². The number of nitrogens with two attached hydrogens (primary N) is 1. The van der Waals surface area contributed by atoms with E-state index in [-0.39, 0.29) is 5.02 Å². The fourth-order valence-electron chi connectivity index (χ4n) is 2.40. The van der Waals surface area contributed by atoms with Gasteiger partial charge in [0.05, 0.1) is 17.0 Å². The second kappa shape index (κ2) is 5.83. The number of alkyl halides is 3. The number of aromatic nitrogens is 3. The molecule has 3 rings (SSSR count). The molecule has 0 fully saturated rings. The van der Waals surface area contributed by atoms with E-state index in [2.05, 4.69) is 9.97 Å². The zero-order chi connectivity index (χ0) is 17.5. The number of hydrogen-bond acceptors (Lipinski definition) is 3. The van der Waals surface area contributed by atoms with E-state index in [1.165, 1.54) is 12.4 Å². The first-order chi connectivity index (χ1) is 11.3. The van der Waals surface area contributed by atoms with Crippen LogP contribution in [0.5, 0.6) is 0 Å². The molecule has 124 valence electrons. The van der Waals surface area contributed by atoms with Gasteiger partial charge in [0.1, 0.15) is 12.1 Å². The molecule has 0 saturated heterocycles. The fourth-order valence-corrected chi connectivity index (χ4v) is 2.63. The van der Waals surface area contributed by atoms with Crippen LogP contribution in [0.2, 0.25) is 5.02 Å². The van der Waals surface area contributed by atoms with E-state index in [1.54, 1.807) is 29.9 Å². The van der Waals surface area contributed by atoms with Crippen molar-refractivity contribution in [3.05, 3.63) is 53.4 Å². The summed E-state index contributed by atoms with van der Waals surface area (Å²) in [6.45, 7) is 0. The van der Waals surface area contributed by atoms with Gasteiger partial charge in [-0.1, -0.05) is 11.6 Å². The summed E-state index contributed by atoms with van der Waals surface area (Å²) in [6.07, 6.45) is -1.42. The van der Waals surface area contributed by atoms with Gasteiger partial charge >= 0.3 is 6.18 Å². The SMILES string of the molecule is Cn1cc(-c2cc(C(F)(F)F)ccc2Cl)cc1-c1cc(N)ncn1. The molecular weight excluding hydrogens is 341 g/mol. The van der Waals surface area contributed by atoms with Crippen LogP contribution in [-0.4, -0.2) is 14.5 Å². The van der Waals surface area contributed by atoms with Gasteiger partial charge in [-0.15, -0.1) is 0 Å². The van der Waals surface area contributed by atoms with E-state index in [9.17, 15) is 13.2 Å². The topological polar surface area (TPSA) is 56.7 Å². The van der Waals surface area contributed by atoms with Crippen LogP contribution in [0.1, 0.15) is 5.56 Å². The van der Waals surface area contributed by atoms with Crippen LogP contribution in [0.25, 0.3) is 22.5 Å². The number of anilines is 1. The molecule has 2 aromatic heterocycles. The van der Waals surface area contributed by atoms with Gasteiger partial charge in [0.15, 0.2) is 0 Å². The number of aryl methyl sites for hydroxylation is 1. The minimum Gasteiger partial charge on any atom is -0.384 e. The largest absolute Gasteiger partial charge is 0.416 e. The molecule has 0 bridgehead atoms. The Balaban J connectivity index is 2.10. The Bertz CT molecular complexity index is 903. The van der Waals surface area contributed by atoms with Gasteiger partial charge in [-0.05, 0) is 24.3 Å². The van der Waals surface area contributed by atoms with Crippen molar-refractivity contribution in [2.24, 2.45) is 7.05 Å². The first-order valence-corrected chi connectivity index (χ1v) is 7.25. The minimum atomic E-state index is -4.43. The summed E-state index contributed by atoms with van der Waals surface area (Å²) in [4.78, 5) is 7.96. The highest BCUT2D eigenvalue weighted by molar-refractivity contribution is 6.33. The lowest BCUT2D eigenvalue weighted by Crippen LogP contribution is -2.04. The highest BCUT2D eigenvalue weighted by Crippen LogP contribution is 2.37. The molecule has 0 spiro atoms. The highest BCUT2D eigenvalue weighted by Gasteiger charge is 2.31. The van der Waals surface area contributed by atoms with Gasteiger partial charge in [-0.25, -0.2) is 9.97 Å². The standard InChI is InChI=1S/C16H12ClF3N4/c1-24-7-9(4-14(24)13-6-15(21)23-8-22-13)11-5-10(16(18,19)20)2-3-12(11)17/h2-8H,1H3,(H2,21,22,23). The van der Waals surface area contributed by atoms with Crippen molar-refractivity contribution in [1.82, 2.24) is 14.5 Å². The van der Waals surface area contributed by atoms with Gasteiger partial charge in [-0.2, -0.15) is 13.2 Å². The maximum atomic E-state index is 12.9. The number of rotatable bonds is 2. The number of hydrogen-bond donors (Lipinski definition) is 1. The summed E-state index contributed by atoms with van der Waals surface area (Å²) < 4.78 is 40.5. The zero-order valence-electron chi connectivity index (χ0n) is 12.5. The first kappa shape index (κ1) is 16.3. The predicted octanol–water partition coefficient (Wildman–Crippen LogP) is 4.40. The Kier molecular flexibility index (Phi) is 3.96. The molecule has 2 N–H and O–H groups in total. The van der Waals surface area contributed by atoms with Crippen LogP contribution in [0.3, 0.4) is 0 Å². The maximum Gasteiger partial charge on any atom is 0.416 e. The molecule has 4 nitrogen and oxygen atoms in total. The van der Waals surface area contributed by atoms with E-state index < -0.39 is 11.7 Å². The summed E-state index contributed by atoms with van der Waals surface area (Å²) in [6, 6.07) is 6.54. The van der Waals surface area contributed by atoms with Gasteiger partial charge in [0, 0.05) is 35.5 Å². The average molecular weight is 353 g/mol. The lowest BCUT2D eigenvalue weighted by Gasteiger charge is -2.09. The summed E-state index contributed by atoms with van der Waals surface area (Å²) >= 11 is 6.09. The Hall–Kier alpha value is -2.54. The molecule has 0 amide bonds. The summed E-state index contributed by atoms with van der Waals surface area (Å²) in [5, 5.41) is 0.238. The monoisotopic (exact) mass is 352 g/mol. The average Bonchev–Trinajstić information content (AvgIpc) is 2.88. The molecule has 24 heavy (non-hydrogen) atoms. The zero-order valence-corrected chi connectivity index (χ0v) is 13.2. The molecule has 0 aliphatic heterocycles. The van der Waals surface area contributed by atoms with Crippen LogP contribution < -0.4 is 5.73 Å². The van der Waals surface area contributed by atoms with Crippen molar-refractivity contribution < 1.29 is 13.2 Å². The minimum absolute atomic E-state index is 0.238. The molecule has 8 heteroatoms. The van der Waals surface area contributed by atoms with E-state index in [1.807, 2.05) is 0 Å². The lowest BCUT2D eigenvalue weighted by atomic mass is 10.0. The molecule has 0 aliphatic rings. The van der Waals surface area contributed by atoms with Crippen LogP contribution in [0.4, 0.5) is 19.0 Å². The molecular formula is C16H12ClF3N4. The van der Waals surface area contributed by atoms with Crippen LogP contribution in [-0.2, 0) is 13.2 Å². The Morgan fingerprint density at radius 3 is 2.54 bits per heavy atom. The molecule has 0 saturated carbocycles. The third-order valence-electron chi connectivity index (χ3n) is 3.56. The summed E-state index contributed by atoms with van der Waals surface area (Å²) in [5.74, 6) is 0.305. The normalized spacial score (nSPS) is 11.7. The van der Waals surface area contributed by atoms with Gasteiger partial charge in [-0.3, -0.25) is 0 Å². The smallest absolute Gasteiger partial charge is 0.384 e. The summed E-state index contributed by atoms with van der Waals surface area (Å²) in [7, 11) is 1.76. The van der Waals surface area contributed by atoms with E-state index in [0.29, 0.717) is 28.3 Å². The van der Waals surface area contributed by atoms with Crippen LogP contribution >= 0.6 is 11.6 Å². The quantitative estimate of drug-likeness (QED) is 0.743. The molecule has 0 aliphatic carbocycles. The van der Waals surface area contributed by atoms with E-state index in [0.717, 1.165) is 12.1 Å². The van der Waals surface area contributed by atoms with Crippen molar-refractivity contribution in [1.29, 1.82) is 0 Å². The number of nitrogens with zero attached hydrogens (tertiary/aromatic N) is 3. The highest BCUT2D eigenvalue weighted by atomic mass is 35.5. The molecule has 0 atom stereocenters. The molecule has 3 aromatic rings. The second-order valence-corrected chi connectivity index (χ2v) is 5.65.